The van der Waals surface area contributed by atoms with Crippen LogP contribution in [0.15, 0.2) is 24.3 Å². The molecular formula is C10H6F3NO4. The van der Waals surface area contributed by atoms with Gasteiger partial charge >= 0.3 is 12.1 Å². The van der Waals surface area contributed by atoms with Gasteiger partial charge < -0.3 is 5.11 Å². The Morgan fingerprint density at radius 1 is 1.39 bits per heavy atom. The highest BCUT2D eigenvalue weighted by atomic mass is 19.4. The third-order valence-corrected chi connectivity index (χ3v) is 1.96. The summed E-state index contributed by atoms with van der Waals surface area (Å²) in [5.41, 5.74) is -3.00. The van der Waals surface area contributed by atoms with E-state index < -0.39 is 33.9 Å². The number of rotatable bonds is 3. The highest BCUT2D eigenvalue weighted by Gasteiger charge is 2.39. The molecule has 0 radical (unpaired) electrons. The Balaban J connectivity index is 3.45. The second kappa shape index (κ2) is 4.86. The lowest BCUT2D eigenvalue weighted by Gasteiger charge is -2.08. The van der Waals surface area contributed by atoms with Crippen LogP contribution in [-0.4, -0.2) is 16.0 Å². The van der Waals surface area contributed by atoms with Crippen LogP contribution >= 0.6 is 0 Å². The molecule has 1 N–H and O–H groups in total. The molecule has 0 aliphatic carbocycles. The van der Waals surface area contributed by atoms with E-state index in [2.05, 4.69) is 0 Å². The molecule has 5 nitrogen and oxygen atoms in total. The lowest BCUT2D eigenvalue weighted by Crippen LogP contribution is -2.09. The normalized spacial score (nSPS) is 11.7. The number of carboxylic acid groups (broad SMARTS) is 1. The number of alkyl halides is 3. The Bertz CT molecular complexity index is 522. The Labute approximate surface area is 98.3 Å². The van der Waals surface area contributed by atoms with E-state index in [4.69, 9.17) is 5.11 Å². The number of halogens is 3. The summed E-state index contributed by atoms with van der Waals surface area (Å²) in [6.07, 6.45) is -3.60. The van der Waals surface area contributed by atoms with Crippen LogP contribution in [0.4, 0.5) is 18.9 Å². The molecule has 0 fully saturated rings. The Kier molecular flexibility index (Phi) is 3.70. The van der Waals surface area contributed by atoms with Crippen molar-refractivity contribution in [3.63, 3.8) is 0 Å². The number of nitro benzene ring substituents is 1. The number of carbonyl (C=O) groups is 1. The van der Waals surface area contributed by atoms with Crippen molar-refractivity contribution < 1.29 is 28.0 Å². The van der Waals surface area contributed by atoms with E-state index in [1.165, 1.54) is 0 Å². The molecule has 0 saturated carbocycles. The summed E-state index contributed by atoms with van der Waals surface area (Å²) in [6.45, 7) is 0. The van der Waals surface area contributed by atoms with E-state index in [9.17, 15) is 28.1 Å². The number of aliphatic carboxylic acids is 1. The molecule has 0 unspecified atom stereocenters. The van der Waals surface area contributed by atoms with Gasteiger partial charge in [-0.25, -0.2) is 4.79 Å². The van der Waals surface area contributed by atoms with Crippen molar-refractivity contribution in [2.24, 2.45) is 0 Å². The summed E-state index contributed by atoms with van der Waals surface area (Å²) in [4.78, 5) is 19.7. The highest BCUT2D eigenvalue weighted by Crippen LogP contribution is 2.38. The lowest BCUT2D eigenvalue weighted by molar-refractivity contribution is -0.388. The van der Waals surface area contributed by atoms with Crippen molar-refractivity contribution in [2.75, 3.05) is 0 Å². The molecule has 0 bridgehead atoms. The predicted octanol–water partition coefficient (Wildman–Crippen LogP) is 2.71. The van der Waals surface area contributed by atoms with Crippen molar-refractivity contribution in [2.45, 2.75) is 6.18 Å². The van der Waals surface area contributed by atoms with Crippen LogP contribution in [0.5, 0.6) is 0 Å². The third kappa shape index (κ3) is 3.06. The molecule has 0 amide bonds. The van der Waals surface area contributed by atoms with Crippen molar-refractivity contribution >= 4 is 17.7 Å². The van der Waals surface area contributed by atoms with Crippen molar-refractivity contribution in [1.29, 1.82) is 0 Å². The van der Waals surface area contributed by atoms with Crippen molar-refractivity contribution in [1.82, 2.24) is 0 Å². The maximum absolute atomic E-state index is 12.5. The average Bonchev–Trinajstić information content (AvgIpc) is 2.24. The van der Waals surface area contributed by atoms with E-state index in [1.807, 2.05) is 0 Å². The molecule has 8 heteroatoms. The topological polar surface area (TPSA) is 80.4 Å². The molecule has 0 atom stereocenters. The number of nitrogens with zero attached hydrogens (tertiary/aromatic N) is 1. The zero-order chi connectivity index (χ0) is 13.9. The maximum atomic E-state index is 12.5. The number of para-hydroxylation sites is 1. The van der Waals surface area contributed by atoms with Gasteiger partial charge in [-0.1, -0.05) is 6.07 Å². The van der Waals surface area contributed by atoms with Gasteiger partial charge in [0.2, 0.25) is 0 Å². The molecule has 0 aliphatic heterocycles. The first-order chi connectivity index (χ1) is 8.23. The molecule has 96 valence electrons. The first-order valence-electron chi connectivity index (χ1n) is 4.49. The van der Waals surface area contributed by atoms with Gasteiger partial charge in [-0.2, -0.15) is 13.2 Å². The van der Waals surface area contributed by atoms with Gasteiger partial charge in [-0.15, -0.1) is 0 Å². The van der Waals surface area contributed by atoms with Gasteiger partial charge in [-0.05, 0) is 18.2 Å². The number of carboxylic acids is 1. The molecule has 1 aromatic carbocycles. The van der Waals surface area contributed by atoms with E-state index in [0.29, 0.717) is 12.1 Å². The van der Waals surface area contributed by atoms with Crippen LogP contribution < -0.4 is 0 Å². The summed E-state index contributed by atoms with van der Waals surface area (Å²) in [5.74, 6) is -1.42. The highest BCUT2D eigenvalue weighted by molar-refractivity contribution is 5.86. The molecule has 1 aromatic rings. The van der Waals surface area contributed by atoms with Crippen LogP contribution in [0.1, 0.15) is 11.1 Å². The maximum Gasteiger partial charge on any atom is 0.423 e. The summed E-state index contributed by atoms with van der Waals surface area (Å²) >= 11 is 0. The van der Waals surface area contributed by atoms with Gasteiger partial charge in [0, 0.05) is 6.08 Å². The van der Waals surface area contributed by atoms with Gasteiger partial charge in [0.15, 0.2) is 0 Å². The Morgan fingerprint density at radius 2 is 2.00 bits per heavy atom. The molecule has 0 heterocycles. The van der Waals surface area contributed by atoms with Crippen LogP contribution in [0.3, 0.4) is 0 Å². The fourth-order valence-electron chi connectivity index (χ4n) is 1.29. The smallest absolute Gasteiger partial charge is 0.423 e. The predicted molar refractivity (Wildman–Crippen MR) is 54.8 cm³/mol. The second-order valence-electron chi connectivity index (χ2n) is 3.17. The Hall–Kier alpha value is -2.38. The monoisotopic (exact) mass is 261 g/mol. The largest absolute Gasteiger partial charge is 0.478 e. The average molecular weight is 261 g/mol. The minimum atomic E-state index is -4.88. The molecular weight excluding hydrogens is 255 g/mol. The summed E-state index contributed by atoms with van der Waals surface area (Å²) in [5, 5.41) is 19.0. The van der Waals surface area contributed by atoms with Crippen molar-refractivity contribution in [3.05, 3.63) is 45.5 Å². The van der Waals surface area contributed by atoms with Crippen LogP contribution in [-0.2, 0) is 11.0 Å². The van der Waals surface area contributed by atoms with Gasteiger partial charge in [0.1, 0.15) is 5.56 Å². The fourth-order valence-corrected chi connectivity index (χ4v) is 1.29. The standard InChI is InChI=1S/C10H6F3NO4/c11-10(12,13)7-3-1-2-6(4-5-8(15)16)9(7)14(17)18/h1-5H,(H,15,16). The third-order valence-electron chi connectivity index (χ3n) is 1.96. The number of nitro groups is 1. The molecule has 0 spiro atoms. The van der Waals surface area contributed by atoms with Gasteiger partial charge in [0.25, 0.3) is 5.69 Å². The van der Waals surface area contributed by atoms with Crippen molar-refractivity contribution in [3.8, 4) is 0 Å². The quantitative estimate of drug-likeness (QED) is 0.515. The van der Waals surface area contributed by atoms with E-state index in [-0.39, 0.29) is 0 Å². The molecule has 0 saturated heterocycles. The lowest BCUT2D eigenvalue weighted by atomic mass is 10.1. The molecule has 18 heavy (non-hydrogen) atoms. The first-order valence-corrected chi connectivity index (χ1v) is 4.49. The summed E-state index contributed by atoms with van der Waals surface area (Å²) in [6, 6.07) is 2.57. The van der Waals surface area contributed by atoms with Crippen LogP contribution in [0.25, 0.3) is 6.08 Å². The second-order valence-corrected chi connectivity index (χ2v) is 3.17. The SMILES string of the molecule is O=C(O)C=Cc1cccc(C(F)(F)F)c1[N+](=O)[O-]. The van der Waals surface area contributed by atoms with Crippen LogP contribution in [0, 0.1) is 10.1 Å². The minimum Gasteiger partial charge on any atom is -0.478 e. The van der Waals surface area contributed by atoms with E-state index >= 15 is 0 Å². The number of hydrogen-bond acceptors (Lipinski definition) is 3. The Morgan fingerprint density at radius 3 is 2.44 bits per heavy atom. The van der Waals surface area contributed by atoms with E-state index in [1.54, 1.807) is 0 Å². The van der Waals surface area contributed by atoms with Gasteiger partial charge in [-0.3, -0.25) is 10.1 Å². The zero-order valence-corrected chi connectivity index (χ0v) is 8.64. The molecule has 0 aliphatic rings. The first kappa shape index (κ1) is 13.7. The fraction of sp³-hybridized carbons (Fsp3) is 0.100. The number of benzene rings is 1. The molecule has 1 rings (SSSR count). The summed E-state index contributed by atoms with van der Waals surface area (Å²) in [7, 11) is 0. The zero-order valence-electron chi connectivity index (χ0n) is 8.64. The molecule has 0 aromatic heterocycles. The van der Waals surface area contributed by atoms with Crippen LogP contribution in [0.2, 0.25) is 0 Å². The number of hydrogen-bond donors (Lipinski definition) is 1. The van der Waals surface area contributed by atoms with Gasteiger partial charge in [0.05, 0.1) is 10.5 Å². The summed E-state index contributed by atoms with van der Waals surface area (Å²) < 4.78 is 37.6. The minimum absolute atomic E-state index is 0.419. The van der Waals surface area contributed by atoms with E-state index in [0.717, 1.165) is 18.2 Å².